The lowest BCUT2D eigenvalue weighted by Crippen LogP contribution is -2.45. The van der Waals surface area contributed by atoms with Crippen LogP contribution in [0.3, 0.4) is 0 Å². The van der Waals surface area contributed by atoms with Gasteiger partial charge < -0.3 is 15.1 Å². The van der Waals surface area contributed by atoms with Gasteiger partial charge in [-0.1, -0.05) is 6.07 Å². The van der Waals surface area contributed by atoms with E-state index in [-0.39, 0.29) is 5.91 Å². The summed E-state index contributed by atoms with van der Waals surface area (Å²) in [6.07, 6.45) is 6.71. The summed E-state index contributed by atoms with van der Waals surface area (Å²) in [6, 6.07) is 6.27. The van der Waals surface area contributed by atoms with E-state index in [0.29, 0.717) is 19.1 Å². The summed E-state index contributed by atoms with van der Waals surface area (Å²) in [7, 11) is 0. The zero-order valence-electron chi connectivity index (χ0n) is 13.2. The zero-order chi connectivity index (χ0) is 15.2. The molecule has 120 valence electrons. The molecule has 1 amide bonds. The molecule has 1 N–H and O–H groups in total. The molecule has 0 aromatic carbocycles. The largest absolute Gasteiger partial charge is 0.337 e. The van der Waals surface area contributed by atoms with Gasteiger partial charge in [-0.2, -0.15) is 0 Å². The SMILES string of the molecule is O=C(CNCc1ccccn1)N1CCC[C@@H]1CN1CCCC1. The number of carbonyl (C=O) groups excluding carboxylic acids is 1. The molecule has 2 saturated heterocycles. The smallest absolute Gasteiger partial charge is 0.236 e. The molecule has 2 aliphatic heterocycles. The lowest BCUT2D eigenvalue weighted by atomic mass is 10.2. The van der Waals surface area contributed by atoms with E-state index < -0.39 is 0 Å². The second-order valence-corrected chi connectivity index (χ2v) is 6.32. The van der Waals surface area contributed by atoms with Crippen LogP contribution in [0, 0.1) is 0 Å². The van der Waals surface area contributed by atoms with Gasteiger partial charge in [-0.25, -0.2) is 0 Å². The van der Waals surface area contributed by atoms with Crippen LogP contribution in [0.4, 0.5) is 0 Å². The van der Waals surface area contributed by atoms with Gasteiger partial charge in [0, 0.05) is 31.9 Å². The van der Waals surface area contributed by atoms with Crippen LogP contribution in [-0.2, 0) is 11.3 Å². The van der Waals surface area contributed by atoms with Crippen molar-refractivity contribution in [1.29, 1.82) is 0 Å². The second-order valence-electron chi connectivity index (χ2n) is 6.32. The number of carbonyl (C=O) groups is 1. The Bertz CT molecular complexity index is 473. The minimum absolute atomic E-state index is 0.234. The fourth-order valence-corrected chi connectivity index (χ4v) is 3.52. The van der Waals surface area contributed by atoms with Crippen molar-refractivity contribution >= 4 is 5.91 Å². The first-order valence-corrected chi connectivity index (χ1v) is 8.45. The normalized spacial score (nSPS) is 22.4. The van der Waals surface area contributed by atoms with Crippen molar-refractivity contribution < 1.29 is 4.79 Å². The summed E-state index contributed by atoms with van der Waals surface area (Å²) in [5.74, 6) is 0.234. The first kappa shape index (κ1) is 15.4. The molecule has 2 fully saturated rings. The van der Waals surface area contributed by atoms with Gasteiger partial charge in [0.1, 0.15) is 0 Å². The molecule has 5 nitrogen and oxygen atoms in total. The van der Waals surface area contributed by atoms with Gasteiger partial charge >= 0.3 is 0 Å². The number of hydrogen-bond acceptors (Lipinski definition) is 4. The first-order chi connectivity index (χ1) is 10.8. The molecular weight excluding hydrogens is 276 g/mol. The van der Waals surface area contributed by atoms with Gasteiger partial charge in [0.2, 0.25) is 5.91 Å². The highest BCUT2D eigenvalue weighted by molar-refractivity contribution is 5.78. The summed E-state index contributed by atoms with van der Waals surface area (Å²) >= 11 is 0. The fourth-order valence-electron chi connectivity index (χ4n) is 3.52. The maximum atomic E-state index is 12.4. The molecule has 2 aliphatic rings. The van der Waals surface area contributed by atoms with Crippen molar-refractivity contribution in [2.45, 2.75) is 38.3 Å². The molecule has 0 radical (unpaired) electrons. The Labute approximate surface area is 132 Å². The van der Waals surface area contributed by atoms with Gasteiger partial charge in [0.15, 0.2) is 0 Å². The number of pyridine rings is 1. The molecule has 0 aliphatic carbocycles. The van der Waals surface area contributed by atoms with E-state index in [1.54, 1.807) is 6.20 Å². The van der Waals surface area contributed by atoms with Crippen LogP contribution >= 0.6 is 0 Å². The molecule has 5 heteroatoms. The minimum atomic E-state index is 0.234. The Morgan fingerprint density at radius 3 is 2.86 bits per heavy atom. The van der Waals surface area contributed by atoms with E-state index >= 15 is 0 Å². The third-order valence-corrected chi connectivity index (χ3v) is 4.67. The summed E-state index contributed by atoms with van der Waals surface area (Å²) in [5, 5.41) is 3.23. The molecule has 1 aromatic heterocycles. The molecule has 3 rings (SSSR count). The van der Waals surface area contributed by atoms with E-state index in [0.717, 1.165) is 31.6 Å². The Balaban J connectivity index is 1.44. The van der Waals surface area contributed by atoms with Crippen molar-refractivity contribution in [3.8, 4) is 0 Å². The Kier molecular flexibility index (Phi) is 5.40. The number of nitrogens with one attached hydrogen (secondary N) is 1. The lowest BCUT2D eigenvalue weighted by molar-refractivity contribution is -0.131. The highest BCUT2D eigenvalue weighted by Gasteiger charge is 2.30. The second kappa shape index (κ2) is 7.70. The average molecular weight is 302 g/mol. The molecule has 0 unspecified atom stereocenters. The molecule has 3 heterocycles. The average Bonchev–Trinajstić information content (AvgIpc) is 3.20. The molecule has 0 bridgehead atoms. The number of amides is 1. The third-order valence-electron chi connectivity index (χ3n) is 4.67. The van der Waals surface area contributed by atoms with E-state index in [1.807, 2.05) is 18.2 Å². The standard InChI is InChI=1S/C17H26N4O/c22-17(13-18-12-15-6-1-2-8-19-15)21-11-5-7-16(21)14-20-9-3-4-10-20/h1-2,6,8,16,18H,3-5,7,9-14H2/t16-/m1/s1. The van der Waals surface area contributed by atoms with E-state index in [4.69, 9.17) is 0 Å². The maximum Gasteiger partial charge on any atom is 0.236 e. The number of likely N-dealkylation sites (tertiary alicyclic amines) is 2. The fraction of sp³-hybridized carbons (Fsp3) is 0.647. The van der Waals surface area contributed by atoms with E-state index in [9.17, 15) is 4.79 Å². The molecule has 1 aromatic rings. The Morgan fingerprint density at radius 2 is 2.09 bits per heavy atom. The van der Waals surface area contributed by atoms with Gasteiger partial charge in [-0.3, -0.25) is 9.78 Å². The van der Waals surface area contributed by atoms with Crippen molar-refractivity contribution in [3.63, 3.8) is 0 Å². The Morgan fingerprint density at radius 1 is 1.23 bits per heavy atom. The maximum absolute atomic E-state index is 12.4. The van der Waals surface area contributed by atoms with Gasteiger partial charge in [0.05, 0.1) is 12.2 Å². The minimum Gasteiger partial charge on any atom is -0.337 e. The van der Waals surface area contributed by atoms with Crippen molar-refractivity contribution in [2.24, 2.45) is 0 Å². The van der Waals surface area contributed by atoms with Crippen molar-refractivity contribution in [1.82, 2.24) is 20.1 Å². The van der Waals surface area contributed by atoms with Crippen LogP contribution in [0.1, 0.15) is 31.4 Å². The van der Waals surface area contributed by atoms with Gasteiger partial charge in [0.25, 0.3) is 0 Å². The number of aromatic nitrogens is 1. The van der Waals surface area contributed by atoms with E-state index in [2.05, 4.69) is 20.1 Å². The van der Waals surface area contributed by atoms with Gasteiger partial charge in [-0.15, -0.1) is 0 Å². The van der Waals surface area contributed by atoms with Crippen LogP contribution in [0.25, 0.3) is 0 Å². The molecule has 22 heavy (non-hydrogen) atoms. The van der Waals surface area contributed by atoms with Crippen LogP contribution < -0.4 is 5.32 Å². The molecule has 1 atom stereocenters. The number of rotatable bonds is 6. The summed E-state index contributed by atoms with van der Waals surface area (Å²) in [5.41, 5.74) is 0.977. The highest BCUT2D eigenvalue weighted by Crippen LogP contribution is 2.20. The monoisotopic (exact) mass is 302 g/mol. The third kappa shape index (κ3) is 4.05. The predicted octanol–water partition coefficient (Wildman–Crippen LogP) is 1.26. The van der Waals surface area contributed by atoms with E-state index in [1.165, 1.54) is 25.9 Å². The summed E-state index contributed by atoms with van der Waals surface area (Å²) in [4.78, 5) is 21.3. The van der Waals surface area contributed by atoms with Gasteiger partial charge in [-0.05, 0) is 50.9 Å². The van der Waals surface area contributed by atoms with Crippen LogP contribution in [0.2, 0.25) is 0 Å². The van der Waals surface area contributed by atoms with Crippen molar-refractivity contribution in [3.05, 3.63) is 30.1 Å². The molecule has 0 spiro atoms. The topological polar surface area (TPSA) is 48.5 Å². The zero-order valence-corrected chi connectivity index (χ0v) is 13.2. The highest BCUT2D eigenvalue weighted by atomic mass is 16.2. The number of hydrogen-bond donors (Lipinski definition) is 1. The summed E-state index contributed by atoms with van der Waals surface area (Å²) in [6.45, 7) is 5.45. The summed E-state index contributed by atoms with van der Waals surface area (Å²) < 4.78 is 0. The molecule has 0 saturated carbocycles. The number of nitrogens with zero attached hydrogens (tertiary/aromatic N) is 3. The Hall–Kier alpha value is -1.46. The van der Waals surface area contributed by atoms with Crippen LogP contribution in [0.5, 0.6) is 0 Å². The quantitative estimate of drug-likeness (QED) is 0.859. The first-order valence-electron chi connectivity index (χ1n) is 8.45. The molecular formula is C17H26N4O. The predicted molar refractivity (Wildman–Crippen MR) is 86.4 cm³/mol. The van der Waals surface area contributed by atoms with Crippen LogP contribution in [-0.4, -0.2) is 59.5 Å². The lowest BCUT2D eigenvalue weighted by Gasteiger charge is -2.28. The van der Waals surface area contributed by atoms with Crippen molar-refractivity contribution in [2.75, 3.05) is 32.7 Å². The van der Waals surface area contributed by atoms with Crippen LogP contribution in [0.15, 0.2) is 24.4 Å².